The second-order valence-corrected chi connectivity index (χ2v) is 6.13. The van der Waals surface area contributed by atoms with Crippen molar-refractivity contribution in [2.24, 2.45) is 0 Å². The predicted octanol–water partition coefficient (Wildman–Crippen LogP) is 5.64. The molecule has 1 N–H and O–H groups in total. The molecule has 0 atom stereocenters. The molecule has 3 rings (SSSR count). The van der Waals surface area contributed by atoms with E-state index in [0.29, 0.717) is 17.0 Å². The molecule has 0 spiro atoms. The van der Waals surface area contributed by atoms with E-state index in [1.54, 1.807) is 43.6 Å². The summed E-state index contributed by atoms with van der Waals surface area (Å²) in [5, 5.41) is 3.50. The van der Waals surface area contributed by atoms with Crippen molar-refractivity contribution in [3.63, 3.8) is 0 Å². The summed E-state index contributed by atoms with van der Waals surface area (Å²) in [5.41, 5.74) is 3.27. The van der Waals surface area contributed by atoms with Crippen molar-refractivity contribution in [1.29, 1.82) is 0 Å². The van der Waals surface area contributed by atoms with Gasteiger partial charge in [-0.25, -0.2) is 4.98 Å². The second-order valence-electron chi connectivity index (χ2n) is 5.70. The fraction of sp³-hybridized carbons (Fsp3) is 0.150. The Labute approximate surface area is 155 Å². The van der Waals surface area contributed by atoms with E-state index in [9.17, 15) is 8.78 Å². The highest BCUT2D eigenvalue weighted by Gasteiger charge is 2.13. The lowest BCUT2D eigenvalue weighted by Crippen LogP contribution is -2.04. The van der Waals surface area contributed by atoms with E-state index in [0.717, 1.165) is 22.5 Å². The van der Waals surface area contributed by atoms with E-state index in [1.165, 1.54) is 0 Å². The lowest BCUT2D eigenvalue weighted by atomic mass is 9.99. The number of nitrogens with zero attached hydrogens (tertiary/aromatic N) is 1. The van der Waals surface area contributed by atoms with E-state index in [1.807, 2.05) is 24.3 Å². The van der Waals surface area contributed by atoms with Crippen molar-refractivity contribution in [3.05, 3.63) is 76.9 Å². The monoisotopic (exact) mass is 374 g/mol. The number of anilines is 1. The van der Waals surface area contributed by atoms with Crippen molar-refractivity contribution >= 4 is 17.4 Å². The summed E-state index contributed by atoms with van der Waals surface area (Å²) in [4.78, 5) is 4.29. The smallest absolute Gasteiger partial charge is 0.387 e. The second kappa shape index (κ2) is 8.15. The molecule has 26 heavy (non-hydrogen) atoms. The van der Waals surface area contributed by atoms with Gasteiger partial charge in [0.25, 0.3) is 0 Å². The van der Waals surface area contributed by atoms with Crippen LogP contribution in [0.3, 0.4) is 0 Å². The van der Waals surface area contributed by atoms with Crippen molar-refractivity contribution < 1.29 is 13.5 Å². The first-order valence-electron chi connectivity index (χ1n) is 8.01. The van der Waals surface area contributed by atoms with Crippen LogP contribution in [-0.2, 0) is 6.42 Å². The molecule has 1 aromatic heterocycles. The normalized spacial score (nSPS) is 10.8. The number of ether oxygens (including phenoxy) is 1. The number of alkyl halides is 2. The lowest BCUT2D eigenvalue weighted by Gasteiger charge is -2.13. The molecule has 0 aliphatic heterocycles. The summed E-state index contributed by atoms with van der Waals surface area (Å²) in [5.74, 6) is 0.906. The van der Waals surface area contributed by atoms with Gasteiger partial charge in [0.1, 0.15) is 11.6 Å². The maximum absolute atomic E-state index is 12.8. The molecule has 1 heterocycles. The first-order valence-corrected chi connectivity index (χ1v) is 8.39. The number of benzene rings is 2. The summed E-state index contributed by atoms with van der Waals surface area (Å²) < 4.78 is 30.2. The SMILES string of the molecule is CNc1ccc(Cc2ccc(OC(F)F)c(-c3cccc(Cl)c3)c2)cn1. The third-order valence-corrected chi connectivity index (χ3v) is 4.12. The zero-order chi connectivity index (χ0) is 18.5. The Balaban J connectivity index is 1.95. The van der Waals surface area contributed by atoms with Gasteiger partial charge in [-0.3, -0.25) is 0 Å². The summed E-state index contributed by atoms with van der Waals surface area (Å²) in [6.45, 7) is -2.89. The number of pyridine rings is 1. The largest absolute Gasteiger partial charge is 0.434 e. The van der Waals surface area contributed by atoms with Gasteiger partial charge in [0.05, 0.1) is 0 Å². The average Bonchev–Trinajstić information content (AvgIpc) is 2.63. The van der Waals surface area contributed by atoms with Gasteiger partial charge < -0.3 is 10.1 Å². The van der Waals surface area contributed by atoms with Crippen LogP contribution in [0.2, 0.25) is 5.02 Å². The number of halogens is 3. The number of hydrogen-bond acceptors (Lipinski definition) is 3. The lowest BCUT2D eigenvalue weighted by molar-refractivity contribution is -0.0494. The summed E-state index contributed by atoms with van der Waals surface area (Å²) >= 11 is 6.05. The predicted molar refractivity (Wildman–Crippen MR) is 100 cm³/mol. The zero-order valence-corrected chi connectivity index (χ0v) is 14.8. The van der Waals surface area contributed by atoms with E-state index in [-0.39, 0.29) is 5.75 Å². The molecule has 0 aliphatic rings. The minimum absolute atomic E-state index is 0.120. The first kappa shape index (κ1) is 18.1. The Bertz CT molecular complexity index is 885. The fourth-order valence-corrected chi connectivity index (χ4v) is 2.87. The standard InChI is InChI=1S/C20H17ClF2N2O/c1-24-19-8-6-14(12-25-19)9-13-5-7-18(26-20(22)23)17(10-13)15-3-2-4-16(21)11-15/h2-8,10-12,20H,9H2,1H3,(H,24,25). The molecule has 0 fully saturated rings. The Kier molecular flexibility index (Phi) is 5.68. The van der Waals surface area contributed by atoms with Crippen LogP contribution in [0.25, 0.3) is 11.1 Å². The maximum atomic E-state index is 12.8. The topological polar surface area (TPSA) is 34.1 Å². The molecule has 0 aliphatic carbocycles. The number of hydrogen-bond donors (Lipinski definition) is 1. The fourth-order valence-electron chi connectivity index (χ4n) is 2.68. The van der Waals surface area contributed by atoms with Gasteiger partial charge in [0.2, 0.25) is 0 Å². The minimum atomic E-state index is -2.89. The third kappa shape index (κ3) is 4.49. The average molecular weight is 375 g/mol. The molecule has 6 heteroatoms. The number of aromatic nitrogens is 1. The molecule has 134 valence electrons. The molecule has 0 saturated heterocycles. The Morgan fingerprint density at radius 1 is 1.08 bits per heavy atom. The highest BCUT2D eigenvalue weighted by atomic mass is 35.5. The summed E-state index contributed by atoms with van der Waals surface area (Å²) in [6.07, 6.45) is 2.41. The molecule has 0 radical (unpaired) electrons. The van der Waals surface area contributed by atoms with Gasteiger partial charge in [0.15, 0.2) is 0 Å². The highest BCUT2D eigenvalue weighted by molar-refractivity contribution is 6.30. The minimum Gasteiger partial charge on any atom is -0.434 e. The van der Waals surface area contributed by atoms with Crippen LogP contribution in [0.1, 0.15) is 11.1 Å². The Morgan fingerprint density at radius 2 is 1.88 bits per heavy atom. The van der Waals surface area contributed by atoms with Gasteiger partial charge in [-0.05, 0) is 53.4 Å². The van der Waals surface area contributed by atoms with Crippen molar-refractivity contribution in [1.82, 2.24) is 4.98 Å². The van der Waals surface area contributed by atoms with Crippen LogP contribution in [-0.4, -0.2) is 18.6 Å². The molecule has 2 aromatic carbocycles. The van der Waals surface area contributed by atoms with Crippen molar-refractivity contribution in [2.45, 2.75) is 13.0 Å². The van der Waals surface area contributed by atoms with Crippen molar-refractivity contribution in [3.8, 4) is 16.9 Å². The molecule has 0 saturated carbocycles. The molecular weight excluding hydrogens is 358 g/mol. The van der Waals surface area contributed by atoms with Crippen LogP contribution in [0.15, 0.2) is 60.8 Å². The number of nitrogens with one attached hydrogen (secondary N) is 1. The molecule has 0 amide bonds. The first-order chi connectivity index (χ1) is 12.5. The van der Waals surface area contributed by atoms with Gasteiger partial charge in [-0.1, -0.05) is 35.9 Å². The quantitative estimate of drug-likeness (QED) is 0.606. The highest BCUT2D eigenvalue weighted by Crippen LogP contribution is 2.34. The molecule has 0 unspecified atom stereocenters. The Hall–Kier alpha value is -2.66. The van der Waals surface area contributed by atoms with Crippen LogP contribution in [0.4, 0.5) is 14.6 Å². The maximum Gasteiger partial charge on any atom is 0.387 e. The van der Waals surface area contributed by atoms with Crippen LogP contribution >= 0.6 is 11.6 Å². The molecule has 3 aromatic rings. The molecule has 0 bridgehead atoms. The molecule has 3 nitrogen and oxygen atoms in total. The summed E-state index contributed by atoms with van der Waals surface area (Å²) in [7, 11) is 1.81. The van der Waals surface area contributed by atoms with E-state index in [2.05, 4.69) is 15.0 Å². The third-order valence-electron chi connectivity index (χ3n) is 3.88. The van der Waals surface area contributed by atoms with Gasteiger partial charge in [0, 0.05) is 23.8 Å². The van der Waals surface area contributed by atoms with Gasteiger partial charge >= 0.3 is 6.61 Å². The Morgan fingerprint density at radius 3 is 2.54 bits per heavy atom. The number of rotatable bonds is 6. The molecular formula is C20H17ClF2N2O. The summed E-state index contributed by atoms with van der Waals surface area (Å²) in [6, 6.07) is 16.1. The van der Waals surface area contributed by atoms with Crippen LogP contribution in [0, 0.1) is 0 Å². The van der Waals surface area contributed by atoms with Crippen molar-refractivity contribution in [2.75, 3.05) is 12.4 Å². The van der Waals surface area contributed by atoms with Crippen LogP contribution in [0.5, 0.6) is 5.75 Å². The van der Waals surface area contributed by atoms with E-state index in [4.69, 9.17) is 11.6 Å². The van der Waals surface area contributed by atoms with Crippen LogP contribution < -0.4 is 10.1 Å². The van der Waals surface area contributed by atoms with E-state index >= 15 is 0 Å². The van der Waals surface area contributed by atoms with Gasteiger partial charge in [-0.2, -0.15) is 8.78 Å². The van der Waals surface area contributed by atoms with Gasteiger partial charge in [-0.15, -0.1) is 0 Å². The van der Waals surface area contributed by atoms with E-state index < -0.39 is 6.61 Å². The zero-order valence-electron chi connectivity index (χ0n) is 14.0.